The van der Waals surface area contributed by atoms with Crippen molar-refractivity contribution in [3.05, 3.63) is 42.2 Å². The van der Waals surface area contributed by atoms with E-state index in [1.807, 2.05) is 31.1 Å². The molecule has 0 saturated carbocycles. The van der Waals surface area contributed by atoms with Gasteiger partial charge in [0, 0.05) is 31.7 Å². The van der Waals surface area contributed by atoms with Crippen LogP contribution in [0, 0.1) is 0 Å². The molecule has 0 bridgehead atoms. The molecule has 1 aromatic carbocycles. The zero-order valence-electron chi connectivity index (χ0n) is 13.8. The summed E-state index contributed by atoms with van der Waals surface area (Å²) in [6.45, 7) is 1.58. The zero-order valence-corrected chi connectivity index (χ0v) is 14.6. The Kier molecular flexibility index (Phi) is 5.89. The van der Waals surface area contributed by atoms with Gasteiger partial charge < -0.3 is 10.2 Å². The van der Waals surface area contributed by atoms with Crippen LogP contribution in [0.3, 0.4) is 0 Å². The Hall–Kier alpha value is -2.29. The molecule has 1 N–H and O–H groups in total. The van der Waals surface area contributed by atoms with Crippen molar-refractivity contribution in [1.82, 2.24) is 9.97 Å². The minimum atomic E-state index is -4.54. The van der Waals surface area contributed by atoms with Gasteiger partial charge in [0.25, 0.3) is 0 Å². The molecule has 0 aliphatic rings. The third-order valence-electron chi connectivity index (χ3n) is 3.23. The van der Waals surface area contributed by atoms with E-state index in [4.69, 9.17) is 0 Å². The summed E-state index contributed by atoms with van der Waals surface area (Å²) >= 11 is 0.867. The topological polar surface area (TPSA) is 58.1 Å². The average molecular weight is 370 g/mol. The Morgan fingerprint density at radius 2 is 1.84 bits per heavy atom. The van der Waals surface area contributed by atoms with Gasteiger partial charge in [0.2, 0.25) is 5.91 Å². The highest BCUT2D eigenvalue weighted by atomic mass is 32.2. The first-order valence-corrected chi connectivity index (χ1v) is 8.20. The van der Waals surface area contributed by atoms with Crippen LogP contribution < -0.4 is 10.2 Å². The second kappa shape index (κ2) is 7.73. The summed E-state index contributed by atoms with van der Waals surface area (Å²) in [5.74, 6) is -0.344. The van der Waals surface area contributed by atoms with E-state index in [1.165, 1.54) is 0 Å². The summed E-state index contributed by atoms with van der Waals surface area (Å²) in [5, 5.41) is 1.96. The van der Waals surface area contributed by atoms with Gasteiger partial charge >= 0.3 is 6.18 Å². The molecule has 0 fully saturated rings. The zero-order chi connectivity index (χ0) is 18.6. The second-order valence-electron chi connectivity index (χ2n) is 5.41. The van der Waals surface area contributed by atoms with Crippen molar-refractivity contribution in [1.29, 1.82) is 0 Å². The average Bonchev–Trinajstić information content (AvgIpc) is 2.54. The summed E-state index contributed by atoms with van der Waals surface area (Å²) in [7, 11) is 3.81. The van der Waals surface area contributed by atoms with Gasteiger partial charge in [-0.1, -0.05) is 11.8 Å². The van der Waals surface area contributed by atoms with Crippen LogP contribution in [-0.2, 0) is 11.0 Å². The molecule has 0 aliphatic carbocycles. The van der Waals surface area contributed by atoms with Crippen LogP contribution >= 0.6 is 11.8 Å². The lowest BCUT2D eigenvalue weighted by molar-refractivity contribution is -0.141. The van der Waals surface area contributed by atoms with Crippen LogP contribution in [0.25, 0.3) is 0 Å². The molecule has 0 unspecified atom stereocenters. The first-order valence-electron chi connectivity index (χ1n) is 7.32. The minimum absolute atomic E-state index is 0.0968. The number of amides is 1. The van der Waals surface area contributed by atoms with Crippen molar-refractivity contribution in [3.8, 4) is 0 Å². The van der Waals surface area contributed by atoms with E-state index >= 15 is 0 Å². The molecule has 1 atom stereocenters. The standard InChI is InChI=1S/C16H17F3N4OS/c1-10(25-15-20-9-8-13(22-15)16(17,18)19)14(24)21-11-4-6-12(7-5-11)23(2)3/h4-10H,1-3H3,(H,21,24)/t10-/m0/s1. The van der Waals surface area contributed by atoms with Crippen LogP contribution in [0.1, 0.15) is 12.6 Å². The molecule has 9 heteroatoms. The highest BCUT2D eigenvalue weighted by molar-refractivity contribution is 8.00. The highest BCUT2D eigenvalue weighted by Crippen LogP contribution is 2.29. The van der Waals surface area contributed by atoms with Gasteiger partial charge in [-0.25, -0.2) is 9.97 Å². The molecule has 0 spiro atoms. The molecule has 1 amide bonds. The number of carbonyl (C=O) groups is 1. The third-order valence-corrected chi connectivity index (χ3v) is 4.20. The number of aromatic nitrogens is 2. The lowest BCUT2D eigenvalue weighted by Gasteiger charge is -2.14. The van der Waals surface area contributed by atoms with Crippen molar-refractivity contribution >= 4 is 29.0 Å². The van der Waals surface area contributed by atoms with Gasteiger partial charge in [-0.2, -0.15) is 13.2 Å². The minimum Gasteiger partial charge on any atom is -0.378 e. The van der Waals surface area contributed by atoms with E-state index in [0.29, 0.717) is 5.69 Å². The van der Waals surface area contributed by atoms with E-state index in [1.54, 1.807) is 19.1 Å². The molecule has 0 saturated heterocycles. The van der Waals surface area contributed by atoms with E-state index in [-0.39, 0.29) is 11.1 Å². The molecule has 2 rings (SSSR count). The molecule has 134 valence electrons. The van der Waals surface area contributed by atoms with Crippen molar-refractivity contribution in [2.24, 2.45) is 0 Å². The van der Waals surface area contributed by atoms with Gasteiger partial charge in [0.05, 0.1) is 5.25 Å². The second-order valence-corrected chi connectivity index (χ2v) is 6.72. The fraction of sp³-hybridized carbons (Fsp3) is 0.312. The molecular formula is C16H17F3N4OS. The Balaban J connectivity index is 2.00. The number of carbonyl (C=O) groups excluding carboxylic acids is 1. The predicted octanol–water partition coefficient (Wildman–Crippen LogP) is 3.68. The number of rotatable bonds is 5. The summed E-state index contributed by atoms with van der Waals surface area (Å²) in [6, 6.07) is 8.00. The number of nitrogens with zero attached hydrogens (tertiary/aromatic N) is 3. The smallest absolute Gasteiger partial charge is 0.378 e. The Morgan fingerprint density at radius 1 is 1.20 bits per heavy atom. The molecule has 1 heterocycles. The van der Waals surface area contributed by atoms with Crippen molar-refractivity contribution in [3.63, 3.8) is 0 Å². The normalized spacial score (nSPS) is 12.6. The fourth-order valence-corrected chi connectivity index (χ4v) is 2.61. The molecule has 5 nitrogen and oxygen atoms in total. The number of hydrogen-bond acceptors (Lipinski definition) is 5. The Bertz CT molecular complexity index is 735. The lowest BCUT2D eigenvalue weighted by Crippen LogP contribution is -2.23. The van der Waals surface area contributed by atoms with Crippen molar-refractivity contribution in [2.45, 2.75) is 23.5 Å². The maximum atomic E-state index is 12.7. The highest BCUT2D eigenvalue weighted by Gasteiger charge is 2.33. The van der Waals surface area contributed by atoms with Crippen LogP contribution in [0.5, 0.6) is 0 Å². The van der Waals surface area contributed by atoms with Gasteiger partial charge in [0.15, 0.2) is 5.16 Å². The van der Waals surface area contributed by atoms with Crippen LogP contribution in [0.4, 0.5) is 24.5 Å². The van der Waals surface area contributed by atoms with E-state index in [2.05, 4.69) is 15.3 Å². The molecule has 0 aliphatic heterocycles. The van der Waals surface area contributed by atoms with E-state index in [9.17, 15) is 18.0 Å². The summed E-state index contributed by atoms with van der Waals surface area (Å²) in [6.07, 6.45) is -3.51. The fourth-order valence-electron chi connectivity index (χ4n) is 1.85. The SMILES string of the molecule is C[C@H](Sc1nccc(C(F)(F)F)n1)C(=O)Nc1ccc(N(C)C)cc1. The number of nitrogens with one attached hydrogen (secondary N) is 1. The predicted molar refractivity (Wildman–Crippen MR) is 91.8 cm³/mol. The van der Waals surface area contributed by atoms with Gasteiger partial charge in [-0.3, -0.25) is 4.79 Å². The monoisotopic (exact) mass is 370 g/mol. The number of alkyl halides is 3. The van der Waals surface area contributed by atoms with Crippen molar-refractivity contribution < 1.29 is 18.0 Å². The van der Waals surface area contributed by atoms with Gasteiger partial charge in [0.1, 0.15) is 5.69 Å². The number of benzene rings is 1. The Labute approximate surface area is 147 Å². The maximum Gasteiger partial charge on any atom is 0.433 e. The largest absolute Gasteiger partial charge is 0.433 e. The third kappa shape index (κ3) is 5.35. The molecule has 25 heavy (non-hydrogen) atoms. The maximum absolute atomic E-state index is 12.7. The first kappa shape index (κ1) is 19.0. The molecule has 2 aromatic rings. The number of anilines is 2. The van der Waals surface area contributed by atoms with Crippen molar-refractivity contribution in [2.75, 3.05) is 24.3 Å². The molecule has 1 aromatic heterocycles. The van der Waals surface area contributed by atoms with Crippen LogP contribution in [0.15, 0.2) is 41.7 Å². The van der Waals surface area contributed by atoms with Crippen LogP contribution in [0.2, 0.25) is 0 Å². The summed E-state index contributed by atoms with van der Waals surface area (Å²) in [4.78, 5) is 21.3. The van der Waals surface area contributed by atoms with Gasteiger partial charge in [-0.05, 0) is 37.3 Å². The number of thioether (sulfide) groups is 1. The van der Waals surface area contributed by atoms with E-state index in [0.717, 1.165) is 29.7 Å². The molecule has 0 radical (unpaired) electrons. The Morgan fingerprint density at radius 3 is 2.40 bits per heavy atom. The van der Waals surface area contributed by atoms with Crippen LogP contribution in [-0.4, -0.2) is 35.2 Å². The molecular weight excluding hydrogens is 353 g/mol. The quantitative estimate of drug-likeness (QED) is 0.643. The lowest BCUT2D eigenvalue weighted by atomic mass is 10.2. The number of hydrogen-bond donors (Lipinski definition) is 1. The first-order chi connectivity index (χ1) is 11.7. The summed E-state index contributed by atoms with van der Waals surface area (Å²) in [5.41, 5.74) is 0.558. The van der Waals surface area contributed by atoms with Gasteiger partial charge in [-0.15, -0.1) is 0 Å². The number of halogens is 3. The van der Waals surface area contributed by atoms with E-state index < -0.39 is 17.1 Å². The summed E-state index contributed by atoms with van der Waals surface area (Å²) < 4.78 is 38.0.